The summed E-state index contributed by atoms with van der Waals surface area (Å²) in [5.41, 5.74) is 8.88. The first kappa shape index (κ1) is 12.0. The number of hydrogen-bond donors (Lipinski definition) is 1. The minimum Gasteiger partial charge on any atom is -0.399 e. The molecule has 2 nitrogen and oxygen atoms in total. The zero-order valence-electron chi connectivity index (χ0n) is 10.7. The minimum atomic E-state index is -0.188. The maximum Gasteiger partial charge on any atom is 0.123 e. The summed E-state index contributed by atoms with van der Waals surface area (Å²) in [4.78, 5) is 2.34. The van der Waals surface area contributed by atoms with Crippen molar-refractivity contribution < 1.29 is 4.39 Å². The fourth-order valence-corrected chi connectivity index (χ4v) is 2.77. The lowest BCUT2D eigenvalue weighted by atomic mass is 10.0. The first-order valence-corrected chi connectivity index (χ1v) is 6.62. The summed E-state index contributed by atoms with van der Waals surface area (Å²) in [7, 11) is 0. The molecule has 1 heterocycles. The van der Waals surface area contributed by atoms with Gasteiger partial charge in [-0.2, -0.15) is 0 Å². The Kier molecular flexibility index (Phi) is 3.11. The Labute approximate surface area is 112 Å². The molecule has 3 rings (SSSR count). The van der Waals surface area contributed by atoms with Crippen LogP contribution in [0.3, 0.4) is 0 Å². The zero-order valence-corrected chi connectivity index (χ0v) is 10.7. The van der Waals surface area contributed by atoms with Crippen molar-refractivity contribution >= 4 is 11.4 Å². The molecule has 1 aliphatic heterocycles. The van der Waals surface area contributed by atoms with Gasteiger partial charge in [-0.25, -0.2) is 4.39 Å². The quantitative estimate of drug-likeness (QED) is 0.829. The third kappa shape index (κ3) is 2.41. The van der Waals surface area contributed by atoms with Crippen LogP contribution < -0.4 is 10.6 Å². The number of hydrogen-bond acceptors (Lipinski definition) is 2. The second-order valence-corrected chi connectivity index (χ2v) is 4.99. The summed E-state index contributed by atoms with van der Waals surface area (Å²) in [6.45, 7) is 1.01. The zero-order chi connectivity index (χ0) is 13.2. The molecule has 0 saturated carbocycles. The Balaban J connectivity index is 1.89. The van der Waals surface area contributed by atoms with E-state index in [1.807, 2.05) is 24.3 Å². The summed E-state index contributed by atoms with van der Waals surface area (Å²) in [5.74, 6) is -0.188. The molecule has 19 heavy (non-hydrogen) atoms. The van der Waals surface area contributed by atoms with Gasteiger partial charge >= 0.3 is 0 Å². The molecule has 1 atom stereocenters. The highest BCUT2D eigenvalue weighted by atomic mass is 19.1. The van der Waals surface area contributed by atoms with Crippen LogP contribution in [0, 0.1) is 5.82 Å². The molecule has 2 N–H and O–H groups in total. The predicted octanol–water partition coefficient (Wildman–Crippen LogP) is 3.75. The Bertz CT molecular complexity index is 496. The average molecular weight is 256 g/mol. The summed E-state index contributed by atoms with van der Waals surface area (Å²) in [5, 5.41) is 0. The second kappa shape index (κ2) is 4.92. The lowest BCUT2D eigenvalue weighted by Gasteiger charge is -2.27. The van der Waals surface area contributed by atoms with Crippen molar-refractivity contribution in [3.05, 3.63) is 59.9 Å². The number of nitrogens with two attached hydrogens (primary N) is 1. The van der Waals surface area contributed by atoms with E-state index in [9.17, 15) is 4.39 Å². The van der Waals surface area contributed by atoms with E-state index in [-0.39, 0.29) is 5.82 Å². The van der Waals surface area contributed by atoms with Crippen LogP contribution in [0.2, 0.25) is 0 Å². The predicted molar refractivity (Wildman–Crippen MR) is 76.6 cm³/mol. The van der Waals surface area contributed by atoms with Crippen LogP contribution >= 0.6 is 0 Å². The second-order valence-electron chi connectivity index (χ2n) is 4.99. The van der Waals surface area contributed by atoms with Crippen LogP contribution in [-0.2, 0) is 0 Å². The molecule has 1 aliphatic rings. The van der Waals surface area contributed by atoms with Crippen LogP contribution in [0.5, 0.6) is 0 Å². The van der Waals surface area contributed by atoms with E-state index in [1.54, 1.807) is 0 Å². The lowest BCUT2D eigenvalue weighted by molar-refractivity contribution is 0.627. The van der Waals surface area contributed by atoms with E-state index in [2.05, 4.69) is 17.0 Å². The Morgan fingerprint density at radius 1 is 1.00 bits per heavy atom. The molecule has 3 heteroatoms. The smallest absolute Gasteiger partial charge is 0.123 e. The van der Waals surface area contributed by atoms with E-state index >= 15 is 0 Å². The standard InChI is InChI=1S/C16H17FN2/c17-13-5-9-15(10-6-13)19-11-1-2-16(19)12-3-7-14(18)8-4-12/h3-10,16H,1-2,11,18H2. The Morgan fingerprint density at radius 2 is 1.68 bits per heavy atom. The third-order valence-corrected chi connectivity index (χ3v) is 3.73. The van der Waals surface area contributed by atoms with E-state index in [0.29, 0.717) is 6.04 Å². The van der Waals surface area contributed by atoms with Gasteiger partial charge in [0.25, 0.3) is 0 Å². The number of halogens is 1. The molecular formula is C16H17FN2. The van der Waals surface area contributed by atoms with Crippen molar-refractivity contribution in [2.45, 2.75) is 18.9 Å². The number of nitrogen functional groups attached to an aromatic ring is 1. The van der Waals surface area contributed by atoms with Gasteiger partial charge in [-0.3, -0.25) is 0 Å². The monoisotopic (exact) mass is 256 g/mol. The van der Waals surface area contributed by atoms with Crippen molar-refractivity contribution in [1.82, 2.24) is 0 Å². The van der Waals surface area contributed by atoms with Crippen LogP contribution in [0.25, 0.3) is 0 Å². The molecule has 0 radical (unpaired) electrons. The topological polar surface area (TPSA) is 29.3 Å². The third-order valence-electron chi connectivity index (χ3n) is 3.73. The van der Waals surface area contributed by atoms with E-state index in [4.69, 9.17) is 5.73 Å². The van der Waals surface area contributed by atoms with Crippen LogP contribution in [0.15, 0.2) is 48.5 Å². The fourth-order valence-electron chi connectivity index (χ4n) is 2.77. The SMILES string of the molecule is Nc1ccc(C2CCCN2c2ccc(F)cc2)cc1. The Morgan fingerprint density at radius 3 is 2.37 bits per heavy atom. The van der Waals surface area contributed by atoms with Gasteiger partial charge < -0.3 is 10.6 Å². The van der Waals surface area contributed by atoms with Crippen LogP contribution in [-0.4, -0.2) is 6.54 Å². The van der Waals surface area contributed by atoms with Crippen LogP contribution in [0.1, 0.15) is 24.4 Å². The van der Waals surface area contributed by atoms with Crippen LogP contribution in [0.4, 0.5) is 15.8 Å². The molecule has 0 aromatic heterocycles. The van der Waals surface area contributed by atoms with Gasteiger partial charge in [-0.15, -0.1) is 0 Å². The molecule has 1 unspecified atom stereocenters. The van der Waals surface area contributed by atoms with Gasteiger partial charge in [-0.1, -0.05) is 12.1 Å². The van der Waals surface area contributed by atoms with Gasteiger partial charge in [0, 0.05) is 17.9 Å². The van der Waals surface area contributed by atoms with Crippen molar-refractivity contribution in [3.8, 4) is 0 Å². The molecule has 2 aromatic rings. The normalized spacial score (nSPS) is 18.8. The molecular weight excluding hydrogens is 239 g/mol. The molecule has 0 aliphatic carbocycles. The molecule has 0 spiro atoms. The number of benzene rings is 2. The maximum atomic E-state index is 13.0. The van der Waals surface area contributed by atoms with E-state index < -0.39 is 0 Å². The number of nitrogens with zero attached hydrogens (tertiary/aromatic N) is 1. The van der Waals surface area contributed by atoms with E-state index in [0.717, 1.165) is 30.8 Å². The fraction of sp³-hybridized carbons (Fsp3) is 0.250. The largest absolute Gasteiger partial charge is 0.399 e. The minimum absolute atomic E-state index is 0.188. The molecule has 0 amide bonds. The summed E-state index contributed by atoms with van der Waals surface area (Å²) in [6, 6.07) is 15.2. The maximum absolute atomic E-state index is 13.0. The van der Waals surface area contributed by atoms with Crippen molar-refractivity contribution in [1.29, 1.82) is 0 Å². The summed E-state index contributed by atoms with van der Waals surface area (Å²) in [6.07, 6.45) is 2.29. The van der Waals surface area contributed by atoms with Gasteiger partial charge in [-0.05, 0) is 54.8 Å². The molecule has 1 fully saturated rings. The number of rotatable bonds is 2. The highest BCUT2D eigenvalue weighted by Gasteiger charge is 2.25. The van der Waals surface area contributed by atoms with Crippen molar-refractivity contribution in [3.63, 3.8) is 0 Å². The van der Waals surface area contributed by atoms with Crippen molar-refractivity contribution in [2.24, 2.45) is 0 Å². The van der Waals surface area contributed by atoms with Gasteiger partial charge in [0.1, 0.15) is 5.82 Å². The molecule has 98 valence electrons. The summed E-state index contributed by atoms with van der Waals surface area (Å²) < 4.78 is 13.0. The molecule has 1 saturated heterocycles. The first-order valence-electron chi connectivity index (χ1n) is 6.62. The highest BCUT2D eigenvalue weighted by molar-refractivity contribution is 5.51. The molecule has 2 aromatic carbocycles. The summed E-state index contributed by atoms with van der Waals surface area (Å²) >= 11 is 0. The average Bonchev–Trinajstić information content (AvgIpc) is 2.90. The Hall–Kier alpha value is -2.03. The first-order chi connectivity index (χ1) is 9.24. The van der Waals surface area contributed by atoms with Gasteiger partial charge in [0.15, 0.2) is 0 Å². The lowest BCUT2D eigenvalue weighted by Crippen LogP contribution is -2.22. The highest BCUT2D eigenvalue weighted by Crippen LogP contribution is 2.36. The van der Waals surface area contributed by atoms with Gasteiger partial charge in [0.05, 0.1) is 6.04 Å². The van der Waals surface area contributed by atoms with Crippen molar-refractivity contribution in [2.75, 3.05) is 17.2 Å². The van der Waals surface area contributed by atoms with Gasteiger partial charge in [0.2, 0.25) is 0 Å². The number of anilines is 2. The van der Waals surface area contributed by atoms with E-state index in [1.165, 1.54) is 17.7 Å². The molecule has 0 bridgehead atoms.